The monoisotopic (exact) mass is 405 g/mol. The summed E-state index contributed by atoms with van der Waals surface area (Å²) in [5, 5.41) is 12.5. The molecule has 4 rings (SSSR count). The zero-order valence-electron chi connectivity index (χ0n) is 15.9. The van der Waals surface area contributed by atoms with Crippen LogP contribution in [0.25, 0.3) is 10.6 Å². The van der Waals surface area contributed by atoms with Crippen LogP contribution < -0.4 is 10.1 Å². The van der Waals surface area contributed by atoms with Crippen molar-refractivity contribution < 1.29 is 9.53 Å². The van der Waals surface area contributed by atoms with Crippen molar-refractivity contribution in [3.63, 3.8) is 0 Å². The number of ether oxygens (including phenoxy) is 1. The summed E-state index contributed by atoms with van der Waals surface area (Å²) in [6.07, 6.45) is 0. The van der Waals surface area contributed by atoms with E-state index in [1.54, 1.807) is 12.5 Å². The lowest BCUT2D eigenvalue weighted by Gasteiger charge is -2.15. The van der Waals surface area contributed by atoms with Crippen LogP contribution in [0.3, 0.4) is 0 Å². The molecular formula is C21H19N5O2S. The van der Waals surface area contributed by atoms with Gasteiger partial charge in [0.25, 0.3) is 5.91 Å². The van der Waals surface area contributed by atoms with Gasteiger partial charge < -0.3 is 10.1 Å². The molecule has 0 bridgehead atoms. The molecule has 1 atom stereocenters. The molecule has 0 aliphatic carbocycles. The number of amides is 1. The van der Waals surface area contributed by atoms with Crippen molar-refractivity contribution in [1.82, 2.24) is 25.5 Å². The van der Waals surface area contributed by atoms with Crippen molar-refractivity contribution in [2.75, 3.05) is 7.11 Å². The van der Waals surface area contributed by atoms with Crippen molar-refractivity contribution in [2.45, 2.75) is 13.0 Å². The SMILES string of the molecule is COc1ccccc1-c1nc(C(=O)NC(c2ccccc2)c2n[nH]c(C)n2)cs1. The van der Waals surface area contributed by atoms with E-state index in [2.05, 4.69) is 25.5 Å². The van der Waals surface area contributed by atoms with Crippen LogP contribution in [-0.4, -0.2) is 33.2 Å². The van der Waals surface area contributed by atoms with E-state index in [-0.39, 0.29) is 5.91 Å². The Hall–Kier alpha value is -3.52. The quantitative estimate of drug-likeness (QED) is 0.509. The number of thiazole rings is 1. The van der Waals surface area contributed by atoms with Crippen LogP contribution in [0.4, 0.5) is 0 Å². The summed E-state index contributed by atoms with van der Waals surface area (Å²) in [6, 6.07) is 16.7. The Balaban J connectivity index is 1.61. The molecule has 7 nitrogen and oxygen atoms in total. The lowest BCUT2D eigenvalue weighted by molar-refractivity contribution is 0.0937. The van der Waals surface area contributed by atoms with Crippen molar-refractivity contribution >= 4 is 17.2 Å². The molecule has 1 unspecified atom stereocenters. The molecule has 146 valence electrons. The summed E-state index contributed by atoms with van der Waals surface area (Å²) in [5.74, 6) is 1.61. The topological polar surface area (TPSA) is 92.8 Å². The molecule has 29 heavy (non-hydrogen) atoms. The van der Waals surface area contributed by atoms with Gasteiger partial charge in [0.15, 0.2) is 5.82 Å². The summed E-state index contributed by atoms with van der Waals surface area (Å²) >= 11 is 1.39. The third kappa shape index (κ3) is 4.02. The Kier molecular flexibility index (Phi) is 5.35. The molecule has 2 N–H and O–H groups in total. The molecule has 2 aromatic heterocycles. The van der Waals surface area contributed by atoms with Crippen LogP contribution >= 0.6 is 11.3 Å². The zero-order valence-corrected chi connectivity index (χ0v) is 16.7. The van der Waals surface area contributed by atoms with Crippen LogP contribution in [0.15, 0.2) is 60.0 Å². The average Bonchev–Trinajstić information content (AvgIpc) is 3.42. The molecule has 8 heteroatoms. The van der Waals surface area contributed by atoms with Crippen LogP contribution in [0.5, 0.6) is 5.75 Å². The number of aryl methyl sites for hydroxylation is 1. The minimum absolute atomic E-state index is 0.293. The Labute approximate surface area is 171 Å². The summed E-state index contributed by atoms with van der Waals surface area (Å²) < 4.78 is 5.40. The minimum atomic E-state index is -0.481. The number of nitrogens with one attached hydrogen (secondary N) is 2. The van der Waals surface area contributed by atoms with Crippen LogP contribution in [-0.2, 0) is 0 Å². The number of carbonyl (C=O) groups excluding carboxylic acids is 1. The third-order valence-corrected chi connectivity index (χ3v) is 5.23. The molecule has 2 heterocycles. The van der Waals surface area contributed by atoms with E-state index >= 15 is 0 Å². The highest BCUT2D eigenvalue weighted by atomic mass is 32.1. The van der Waals surface area contributed by atoms with Gasteiger partial charge in [0.1, 0.15) is 28.3 Å². The van der Waals surface area contributed by atoms with E-state index in [1.807, 2.05) is 61.5 Å². The van der Waals surface area contributed by atoms with E-state index in [4.69, 9.17) is 4.74 Å². The van der Waals surface area contributed by atoms with E-state index in [1.165, 1.54) is 11.3 Å². The number of methoxy groups -OCH3 is 1. The Morgan fingerprint density at radius 1 is 1.10 bits per heavy atom. The number of para-hydroxylation sites is 1. The predicted octanol–water partition coefficient (Wildman–Crippen LogP) is 3.76. The van der Waals surface area contributed by atoms with Gasteiger partial charge in [0.2, 0.25) is 0 Å². The van der Waals surface area contributed by atoms with Gasteiger partial charge in [-0.25, -0.2) is 9.97 Å². The Morgan fingerprint density at radius 2 is 1.86 bits per heavy atom. The molecule has 0 saturated heterocycles. The number of aromatic nitrogens is 4. The van der Waals surface area contributed by atoms with E-state index < -0.39 is 6.04 Å². The molecule has 0 spiro atoms. The number of rotatable bonds is 6. The molecule has 0 aliphatic heterocycles. The first-order valence-electron chi connectivity index (χ1n) is 8.99. The molecular weight excluding hydrogens is 386 g/mol. The van der Waals surface area contributed by atoms with Gasteiger partial charge >= 0.3 is 0 Å². The van der Waals surface area contributed by atoms with Gasteiger partial charge in [-0.2, -0.15) is 5.10 Å². The summed E-state index contributed by atoms with van der Waals surface area (Å²) in [4.78, 5) is 21.9. The van der Waals surface area contributed by atoms with Crippen molar-refractivity contribution in [1.29, 1.82) is 0 Å². The van der Waals surface area contributed by atoms with E-state index in [0.29, 0.717) is 23.1 Å². The first-order chi connectivity index (χ1) is 14.2. The Morgan fingerprint density at radius 3 is 2.59 bits per heavy atom. The number of hydrogen-bond donors (Lipinski definition) is 2. The minimum Gasteiger partial charge on any atom is -0.496 e. The maximum atomic E-state index is 12.9. The van der Waals surface area contributed by atoms with Gasteiger partial charge in [-0.05, 0) is 24.6 Å². The number of nitrogens with zero attached hydrogens (tertiary/aromatic N) is 3. The third-order valence-electron chi connectivity index (χ3n) is 4.36. The second-order valence-electron chi connectivity index (χ2n) is 6.33. The molecule has 4 aromatic rings. The standard InChI is InChI=1S/C21H19N5O2S/c1-13-22-19(26-25-13)18(14-8-4-3-5-9-14)24-20(27)16-12-29-21(23-16)15-10-6-7-11-17(15)28-2/h3-12,18H,1-2H3,(H,24,27)(H,22,25,26). The smallest absolute Gasteiger partial charge is 0.271 e. The highest BCUT2D eigenvalue weighted by Crippen LogP contribution is 2.32. The van der Waals surface area contributed by atoms with E-state index in [0.717, 1.165) is 16.1 Å². The van der Waals surface area contributed by atoms with Crippen molar-refractivity contribution in [2.24, 2.45) is 0 Å². The van der Waals surface area contributed by atoms with Gasteiger partial charge in [-0.1, -0.05) is 42.5 Å². The molecule has 0 aliphatic rings. The number of benzene rings is 2. The summed E-state index contributed by atoms with van der Waals surface area (Å²) in [7, 11) is 1.61. The second-order valence-corrected chi connectivity index (χ2v) is 7.19. The largest absolute Gasteiger partial charge is 0.496 e. The fourth-order valence-corrected chi connectivity index (χ4v) is 3.79. The zero-order chi connectivity index (χ0) is 20.2. The first kappa shape index (κ1) is 18.8. The maximum Gasteiger partial charge on any atom is 0.271 e. The molecule has 0 radical (unpaired) electrons. The number of aromatic amines is 1. The van der Waals surface area contributed by atoms with Crippen LogP contribution in [0.2, 0.25) is 0 Å². The van der Waals surface area contributed by atoms with Gasteiger partial charge in [-0.15, -0.1) is 11.3 Å². The predicted molar refractivity (Wildman–Crippen MR) is 111 cm³/mol. The summed E-state index contributed by atoms with van der Waals surface area (Å²) in [5.41, 5.74) is 2.08. The molecule has 0 saturated carbocycles. The fourth-order valence-electron chi connectivity index (χ4n) is 2.96. The highest BCUT2D eigenvalue weighted by molar-refractivity contribution is 7.13. The Bertz CT molecular complexity index is 1120. The lowest BCUT2D eigenvalue weighted by atomic mass is 10.1. The molecule has 1 amide bonds. The van der Waals surface area contributed by atoms with Gasteiger partial charge in [-0.3, -0.25) is 9.89 Å². The van der Waals surface area contributed by atoms with Gasteiger partial charge in [0.05, 0.1) is 12.7 Å². The number of hydrogen-bond acceptors (Lipinski definition) is 6. The van der Waals surface area contributed by atoms with Crippen LogP contribution in [0.1, 0.15) is 33.7 Å². The fraction of sp³-hybridized carbons (Fsp3) is 0.143. The lowest BCUT2D eigenvalue weighted by Crippen LogP contribution is -2.30. The summed E-state index contributed by atoms with van der Waals surface area (Å²) in [6.45, 7) is 1.82. The number of H-pyrrole nitrogens is 1. The second kappa shape index (κ2) is 8.24. The van der Waals surface area contributed by atoms with Crippen LogP contribution in [0, 0.1) is 6.92 Å². The van der Waals surface area contributed by atoms with Crippen molar-refractivity contribution in [3.8, 4) is 16.3 Å². The molecule has 2 aromatic carbocycles. The van der Waals surface area contributed by atoms with E-state index in [9.17, 15) is 4.79 Å². The first-order valence-corrected chi connectivity index (χ1v) is 9.87. The maximum absolute atomic E-state index is 12.9. The van der Waals surface area contributed by atoms with Gasteiger partial charge in [0, 0.05) is 5.38 Å². The number of carbonyl (C=O) groups is 1. The molecule has 0 fully saturated rings. The normalized spacial score (nSPS) is 11.8. The highest BCUT2D eigenvalue weighted by Gasteiger charge is 2.23. The average molecular weight is 405 g/mol. The van der Waals surface area contributed by atoms with Crippen molar-refractivity contribution in [3.05, 3.63) is 82.9 Å².